The first-order valence-corrected chi connectivity index (χ1v) is 14.3. The third kappa shape index (κ3) is 5.24. The minimum absolute atomic E-state index is 0.0875. The van der Waals surface area contributed by atoms with Crippen molar-refractivity contribution in [1.82, 2.24) is 4.90 Å². The van der Waals surface area contributed by atoms with E-state index in [1.807, 2.05) is 60.3 Å². The van der Waals surface area contributed by atoms with Crippen LogP contribution in [0.4, 0.5) is 20.2 Å². The van der Waals surface area contributed by atoms with Crippen molar-refractivity contribution in [3.63, 3.8) is 0 Å². The van der Waals surface area contributed by atoms with Gasteiger partial charge < -0.3 is 10.2 Å². The number of thioether (sulfide) groups is 1. The summed E-state index contributed by atoms with van der Waals surface area (Å²) in [5.41, 5.74) is 4.25. The van der Waals surface area contributed by atoms with Crippen LogP contribution >= 0.6 is 11.8 Å². The van der Waals surface area contributed by atoms with E-state index < -0.39 is 11.6 Å². The van der Waals surface area contributed by atoms with Crippen LogP contribution in [0.5, 0.6) is 0 Å². The number of benzene rings is 4. The predicted octanol–water partition coefficient (Wildman–Crippen LogP) is 6.46. The monoisotopic (exact) mass is 555 g/mol. The maximum Gasteiger partial charge on any atom is 0.258 e. The molecule has 2 amide bonds. The van der Waals surface area contributed by atoms with E-state index in [-0.39, 0.29) is 17.9 Å². The lowest BCUT2D eigenvalue weighted by Crippen LogP contribution is -2.48. The fraction of sp³-hybridized carbons (Fsp3) is 0.188. The fourth-order valence-corrected chi connectivity index (χ4v) is 6.46. The summed E-state index contributed by atoms with van der Waals surface area (Å²) >= 11 is 1.82. The molecule has 1 N–H and O–H groups in total. The largest absolute Gasteiger partial charge is 0.322 e. The topological polar surface area (TPSA) is 52.7 Å². The molecule has 8 heteroatoms. The Bertz CT molecular complexity index is 1560. The molecule has 4 aromatic rings. The Hall–Kier alpha value is -4.01. The van der Waals surface area contributed by atoms with Gasteiger partial charge in [0.15, 0.2) is 11.6 Å². The third-order valence-corrected chi connectivity index (χ3v) is 8.51. The molecule has 1 saturated heterocycles. The summed E-state index contributed by atoms with van der Waals surface area (Å²) in [4.78, 5) is 30.7. The third-order valence-electron chi connectivity index (χ3n) is 7.42. The summed E-state index contributed by atoms with van der Waals surface area (Å²) < 4.78 is 28.5. The molecule has 0 aromatic heterocycles. The second kappa shape index (κ2) is 11.2. The van der Waals surface area contributed by atoms with Crippen LogP contribution in [-0.2, 0) is 6.54 Å². The van der Waals surface area contributed by atoms with Crippen molar-refractivity contribution >= 4 is 35.0 Å². The highest BCUT2D eigenvalue weighted by atomic mass is 32.2. The summed E-state index contributed by atoms with van der Waals surface area (Å²) in [5.74, 6) is -0.626. The zero-order valence-electron chi connectivity index (χ0n) is 21.6. The molecule has 1 atom stereocenters. The van der Waals surface area contributed by atoms with Crippen LogP contribution in [0.3, 0.4) is 0 Å². The van der Waals surface area contributed by atoms with Gasteiger partial charge in [-0.25, -0.2) is 8.78 Å². The Morgan fingerprint density at radius 1 is 0.875 bits per heavy atom. The van der Waals surface area contributed by atoms with Gasteiger partial charge in [-0.1, -0.05) is 48.5 Å². The molecular formula is C32H27F2N3O2S. The van der Waals surface area contributed by atoms with E-state index in [1.54, 1.807) is 35.2 Å². The highest BCUT2D eigenvalue weighted by Gasteiger charge is 2.34. The molecule has 40 heavy (non-hydrogen) atoms. The van der Waals surface area contributed by atoms with Crippen molar-refractivity contribution in [3.05, 3.63) is 119 Å². The first-order chi connectivity index (χ1) is 19.5. The highest BCUT2D eigenvalue weighted by Crippen LogP contribution is 2.33. The van der Waals surface area contributed by atoms with Crippen molar-refractivity contribution in [3.8, 4) is 11.1 Å². The normalized spacial score (nSPS) is 16.9. The Labute approximate surface area is 235 Å². The smallest absolute Gasteiger partial charge is 0.258 e. The van der Waals surface area contributed by atoms with Gasteiger partial charge in [0, 0.05) is 60.1 Å². The molecule has 0 aliphatic carbocycles. The van der Waals surface area contributed by atoms with Crippen LogP contribution in [0.15, 0.2) is 91.0 Å². The van der Waals surface area contributed by atoms with Crippen LogP contribution in [0.2, 0.25) is 0 Å². The molecule has 2 heterocycles. The second-order valence-corrected chi connectivity index (χ2v) is 11.1. The molecule has 0 bridgehead atoms. The average Bonchev–Trinajstić information content (AvgIpc) is 3.14. The van der Waals surface area contributed by atoms with Gasteiger partial charge in [0.1, 0.15) is 0 Å². The summed E-state index contributed by atoms with van der Waals surface area (Å²) in [7, 11) is 0. The number of nitrogens with one attached hydrogen (secondary N) is 1. The average molecular weight is 556 g/mol. The van der Waals surface area contributed by atoms with Crippen LogP contribution in [-0.4, -0.2) is 47.4 Å². The number of rotatable bonds is 4. The molecule has 0 radical (unpaired) electrons. The predicted molar refractivity (Wildman–Crippen MR) is 156 cm³/mol. The summed E-state index contributed by atoms with van der Waals surface area (Å²) in [6.45, 7) is 1.69. The van der Waals surface area contributed by atoms with Crippen molar-refractivity contribution in [2.45, 2.75) is 12.6 Å². The summed E-state index contributed by atoms with van der Waals surface area (Å²) in [6, 6.07) is 26.2. The van der Waals surface area contributed by atoms with Gasteiger partial charge in [0.2, 0.25) is 0 Å². The second-order valence-electron chi connectivity index (χ2n) is 9.95. The standard InChI is InChI=1S/C32H27F2N3O2S/c33-28-16-23-18-36-14-15-40-20-25(36)19-37(30(23)17-29(28)34)32(39)22-10-12-24(13-11-22)35-31(38)27-9-5-4-8-26(27)21-6-2-1-3-7-21/h1-13,16-17,25H,14-15,18-20H2,(H,35,38). The number of halogens is 2. The van der Waals surface area contributed by atoms with Crippen LogP contribution in [0, 0.1) is 11.6 Å². The molecule has 2 aliphatic heterocycles. The van der Waals surface area contributed by atoms with Crippen molar-refractivity contribution < 1.29 is 18.4 Å². The number of anilines is 2. The van der Waals surface area contributed by atoms with Gasteiger partial charge in [-0.05, 0) is 53.1 Å². The molecule has 2 aliphatic rings. The molecule has 6 rings (SSSR count). The minimum atomic E-state index is -0.973. The van der Waals surface area contributed by atoms with Crippen LogP contribution in [0.1, 0.15) is 26.3 Å². The lowest BCUT2D eigenvalue weighted by Gasteiger charge is -2.35. The van der Waals surface area contributed by atoms with Gasteiger partial charge in [-0.15, -0.1) is 0 Å². The quantitative estimate of drug-likeness (QED) is 0.314. The number of nitrogens with zero attached hydrogens (tertiary/aromatic N) is 2. The van der Waals surface area contributed by atoms with Crippen molar-refractivity contribution in [1.29, 1.82) is 0 Å². The minimum Gasteiger partial charge on any atom is -0.322 e. The van der Waals surface area contributed by atoms with E-state index in [0.29, 0.717) is 41.2 Å². The zero-order valence-corrected chi connectivity index (χ0v) is 22.5. The van der Waals surface area contributed by atoms with E-state index in [1.165, 1.54) is 6.07 Å². The Morgan fingerprint density at radius 3 is 2.40 bits per heavy atom. The summed E-state index contributed by atoms with van der Waals surface area (Å²) in [6.07, 6.45) is 0. The van der Waals surface area contributed by atoms with Gasteiger partial charge in [-0.2, -0.15) is 11.8 Å². The van der Waals surface area contributed by atoms with Gasteiger partial charge >= 0.3 is 0 Å². The van der Waals surface area contributed by atoms with E-state index >= 15 is 0 Å². The number of hydrogen-bond donors (Lipinski definition) is 1. The Balaban J connectivity index is 1.24. The van der Waals surface area contributed by atoms with Gasteiger partial charge in [0.05, 0.1) is 5.69 Å². The molecule has 0 saturated carbocycles. The lowest BCUT2D eigenvalue weighted by atomic mass is 9.99. The summed E-state index contributed by atoms with van der Waals surface area (Å²) in [5, 5.41) is 2.93. The Kier molecular flexibility index (Phi) is 7.36. The van der Waals surface area contributed by atoms with Gasteiger partial charge in [-0.3, -0.25) is 14.5 Å². The molecule has 202 valence electrons. The molecule has 1 fully saturated rings. The van der Waals surface area contributed by atoms with E-state index in [0.717, 1.165) is 35.2 Å². The maximum atomic E-state index is 14.3. The molecule has 0 spiro atoms. The van der Waals surface area contributed by atoms with E-state index in [9.17, 15) is 18.4 Å². The molecule has 1 unspecified atom stereocenters. The number of hydrogen-bond acceptors (Lipinski definition) is 4. The number of carbonyl (C=O) groups excluding carboxylic acids is 2. The Morgan fingerprint density at radius 2 is 1.60 bits per heavy atom. The number of carbonyl (C=O) groups is 2. The SMILES string of the molecule is O=C(Nc1ccc(C(=O)N2CC3CSCCN3Cc3cc(F)c(F)cc32)cc1)c1ccccc1-c1ccccc1. The van der Waals surface area contributed by atoms with Crippen molar-refractivity contribution in [2.24, 2.45) is 0 Å². The molecule has 4 aromatic carbocycles. The van der Waals surface area contributed by atoms with E-state index in [2.05, 4.69) is 10.2 Å². The molecular weight excluding hydrogens is 528 g/mol. The zero-order chi connectivity index (χ0) is 27.6. The first kappa shape index (κ1) is 26.2. The van der Waals surface area contributed by atoms with E-state index in [4.69, 9.17) is 0 Å². The van der Waals surface area contributed by atoms with Crippen LogP contribution in [0.25, 0.3) is 11.1 Å². The van der Waals surface area contributed by atoms with Crippen molar-refractivity contribution in [2.75, 3.05) is 34.8 Å². The number of fused-ring (bicyclic) bond motifs is 2. The molecule has 5 nitrogen and oxygen atoms in total. The fourth-order valence-electron chi connectivity index (χ4n) is 5.34. The van der Waals surface area contributed by atoms with Crippen LogP contribution < -0.4 is 10.2 Å². The van der Waals surface area contributed by atoms with Gasteiger partial charge in [0.25, 0.3) is 11.8 Å². The highest BCUT2D eigenvalue weighted by molar-refractivity contribution is 7.99. The number of amides is 2. The first-order valence-electron chi connectivity index (χ1n) is 13.2. The lowest BCUT2D eigenvalue weighted by molar-refractivity contribution is 0.0978. The maximum absolute atomic E-state index is 14.3.